The fourth-order valence-corrected chi connectivity index (χ4v) is 6.95. The lowest BCUT2D eigenvalue weighted by Crippen LogP contribution is -2.35. The number of hydrogen-bond acceptors (Lipinski definition) is 16. The smallest absolute Gasteiger partial charge is 0.330 e. The zero-order chi connectivity index (χ0) is 50.3. The summed E-state index contributed by atoms with van der Waals surface area (Å²) in [5, 5.41) is 37.1. The second-order valence-corrected chi connectivity index (χ2v) is 16.2. The second-order valence-electron chi connectivity index (χ2n) is 16.2. The van der Waals surface area contributed by atoms with Gasteiger partial charge in [-0.25, -0.2) is 4.79 Å². The lowest BCUT2D eigenvalue weighted by molar-refractivity contribution is -0.144. The summed E-state index contributed by atoms with van der Waals surface area (Å²) in [7, 11) is 0. The number of rotatable bonds is 47. The molecule has 0 aliphatic rings. The molecule has 2 unspecified atom stereocenters. The molecule has 2 atom stereocenters. The summed E-state index contributed by atoms with van der Waals surface area (Å²) in [5.74, 6) is -0.894. The monoisotopic (exact) mass is 961 g/mol. The summed E-state index contributed by atoms with van der Waals surface area (Å²) < 4.78 is 21.2. The number of esters is 4. The first-order valence-corrected chi connectivity index (χ1v) is 24.5. The van der Waals surface area contributed by atoms with Gasteiger partial charge in [0.2, 0.25) is 0 Å². The minimum Gasteiger partial charge on any atom is -0.461 e. The van der Waals surface area contributed by atoms with E-state index in [2.05, 4.69) is 31.6 Å². The van der Waals surface area contributed by atoms with Crippen molar-refractivity contribution in [3.63, 3.8) is 0 Å². The Bertz CT molecular complexity index is 1440. The number of carbonyl (C=O) groups excluding carboxylic acids is 4. The molecule has 0 aliphatic heterocycles. The van der Waals surface area contributed by atoms with Gasteiger partial charge in [0.25, 0.3) is 0 Å². The Morgan fingerprint density at radius 3 is 1.15 bits per heavy atom. The van der Waals surface area contributed by atoms with Crippen molar-refractivity contribution in [2.45, 2.75) is 77.6 Å². The summed E-state index contributed by atoms with van der Waals surface area (Å²) >= 11 is 0. The topological polar surface area (TPSA) is 199 Å². The van der Waals surface area contributed by atoms with Crippen molar-refractivity contribution in [2.75, 3.05) is 131 Å². The Morgan fingerprint density at radius 2 is 0.794 bits per heavy atom. The van der Waals surface area contributed by atoms with E-state index in [-0.39, 0.29) is 95.4 Å². The number of hydrogen-bond donors (Lipinski definition) is 4. The molecular formula is C52H88N4O12. The molecule has 0 radical (unpaired) electrons. The van der Waals surface area contributed by atoms with Crippen LogP contribution in [-0.2, 0) is 38.1 Å². The average Bonchev–Trinajstić information content (AvgIpc) is 3.33. The third-order valence-electron chi connectivity index (χ3n) is 11.0. The van der Waals surface area contributed by atoms with E-state index >= 15 is 0 Å². The van der Waals surface area contributed by atoms with Gasteiger partial charge in [0, 0.05) is 51.9 Å². The van der Waals surface area contributed by atoms with Crippen LogP contribution in [0.5, 0.6) is 0 Å². The van der Waals surface area contributed by atoms with E-state index in [1.54, 1.807) is 6.08 Å². The van der Waals surface area contributed by atoms with E-state index in [0.29, 0.717) is 71.7 Å². The number of nitrogens with zero attached hydrogens (tertiary/aromatic N) is 4. The van der Waals surface area contributed by atoms with Gasteiger partial charge in [-0.05, 0) is 95.9 Å². The minimum atomic E-state index is -0.455. The Labute approximate surface area is 408 Å². The van der Waals surface area contributed by atoms with Gasteiger partial charge in [-0.2, -0.15) is 0 Å². The first kappa shape index (κ1) is 63.7. The molecule has 68 heavy (non-hydrogen) atoms. The quantitative estimate of drug-likeness (QED) is 0.0284. The molecule has 0 spiro atoms. The molecule has 0 aromatic rings. The van der Waals surface area contributed by atoms with Gasteiger partial charge in [-0.3, -0.25) is 24.2 Å². The van der Waals surface area contributed by atoms with Crippen molar-refractivity contribution >= 4 is 23.9 Å². The average molecular weight is 961 g/mol. The van der Waals surface area contributed by atoms with Crippen molar-refractivity contribution in [1.29, 1.82) is 0 Å². The van der Waals surface area contributed by atoms with E-state index in [1.165, 1.54) is 0 Å². The van der Waals surface area contributed by atoms with Crippen molar-refractivity contribution in [3.8, 4) is 0 Å². The summed E-state index contributed by atoms with van der Waals surface area (Å²) in [5.41, 5.74) is 0. The molecule has 0 saturated carbocycles. The molecular weight excluding hydrogens is 873 g/mol. The first-order chi connectivity index (χ1) is 33.1. The van der Waals surface area contributed by atoms with E-state index in [0.717, 1.165) is 70.7 Å². The van der Waals surface area contributed by atoms with Crippen molar-refractivity contribution < 1.29 is 58.6 Å². The van der Waals surface area contributed by atoms with E-state index in [9.17, 15) is 39.6 Å². The fourth-order valence-electron chi connectivity index (χ4n) is 6.95. The molecule has 0 saturated heterocycles. The predicted octanol–water partition coefficient (Wildman–Crippen LogP) is 4.66. The Kier molecular flexibility index (Phi) is 43.6. The normalized spacial score (nSPS) is 12.8. The lowest BCUT2D eigenvalue weighted by Gasteiger charge is -2.24. The predicted molar refractivity (Wildman–Crippen MR) is 269 cm³/mol. The largest absolute Gasteiger partial charge is 0.461 e. The van der Waals surface area contributed by atoms with Gasteiger partial charge < -0.3 is 49.2 Å². The Balaban J connectivity index is 4.66. The van der Waals surface area contributed by atoms with Crippen LogP contribution in [0.4, 0.5) is 0 Å². The van der Waals surface area contributed by atoms with Gasteiger partial charge in [0.1, 0.15) is 26.4 Å². The van der Waals surface area contributed by atoms with Crippen molar-refractivity contribution in [2.24, 2.45) is 11.8 Å². The SMILES string of the molecule is C=CC(=O)OC/C=C/CCC(C=C)C/C=C\COC(=O)CCN(CCCN(CCO)CCO)CCC(=O)OC/C=C/CCC(C=C)C/C=C\COC(=O)CCN(CC)CCCN(CCO)CCO. The maximum Gasteiger partial charge on any atom is 0.330 e. The van der Waals surface area contributed by atoms with Crippen molar-refractivity contribution in [3.05, 3.63) is 86.6 Å². The molecule has 16 nitrogen and oxygen atoms in total. The van der Waals surface area contributed by atoms with Crippen LogP contribution in [0.1, 0.15) is 77.6 Å². The molecule has 0 fully saturated rings. The lowest BCUT2D eigenvalue weighted by atomic mass is 9.99. The number of carbonyl (C=O) groups is 4. The van der Waals surface area contributed by atoms with Crippen LogP contribution in [0.25, 0.3) is 0 Å². The molecule has 0 aromatic heterocycles. The van der Waals surface area contributed by atoms with Crippen LogP contribution >= 0.6 is 0 Å². The van der Waals surface area contributed by atoms with Gasteiger partial charge >= 0.3 is 23.9 Å². The summed E-state index contributed by atoms with van der Waals surface area (Å²) in [6.45, 7) is 21.2. The van der Waals surface area contributed by atoms with Crippen LogP contribution in [0, 0.1) is 11.8 Å². The standard InChI is InChI=1S/C52H88N4O12/c1-5-47(21-11-9-15-43-65-49(61)7-3)24-14-18-46-68-52(64)27-34-54(29-20-31-56(37-41-59)38-42-60)33-26-51(63)66-44-16-10-12-22-48(6-2)23-13-17-45-67-50(62)25-32-53(8-4)28-19-30-55(35-39-57)36-40-58/h5-7,9-10,13-18,47-48,57-60H,1-3,8,11-12,19-46H2,4H3/b15-9+,16-10+,17-13-,18-14-. The van der Waals surface area contributed by atoms with Crippen molar-refractivity contribution in [1.82, 2.24) is 19.6 Å². The highest BCUT2D eigenvalue weighted by Gasteiger charge is 2.14. The van der Waals surface area contributed by atoms with Crippen LogP contribution in [0.15, 0.2) is 86.6 Å². The maximum absolute atomic E-state index is 12.7. The molecule has 0 amide bonds. The minimum absolute atomic E-state index is 0.0116. The molecule has 0 aliphatic carbocycles. The number of aliphatic hydroxyl groups is 4. The molecule has 0 heterocycles. The maximum atomic E-state index is 12.7. The molecule has 0 aromatic carbocycles. The molecule has 388 valence electrons. The van der Waals surface area contributed by atoms with Crippen LogP contribution in [0.3, 0.4) is 0 Å². The number of ether oxygens (including phenoxy) is 4. The van der Waals surface area contributed by atoms with E-state index in [1.807, 2.05) is 69.4 Å². The number of allylic oxidation sites excluding steroid dienone is 6. The molecule has 16 heteroatoms. The zero-order valence-electron chi connectivity index (χ0n) is 41.4. The second kappa shape index (κ2) is 46.5. The van der Waals surface area contributed by atoms with E-state index in [4.69, 9.17) is 18.9 Å². The first-order valence-electron chi connectivity index (χ1n) is 24.5. The van der Waals surface area contributed by atoms with Gasteiger partial charge in [-0.1, -0.05) is 74.3 Å². The number of aliphatic hydroxyl groups excluding tert-OH is 4. The summed E-state index contributed by atoms with van der Waals surface area (Å²) in [6.07, 6.45) is 27.2. The summed E-state index contributed by atoms with van der Waals surface area (Å²) in [4.78, 5) is 57.0. The Morgan fingerprint density at radius 1 is 0.456 bits per heavy atom. The molecule has 4 N–H and O–H groups in total. The highest BCUT2D eigenvalue weighted by atomic mass is 16.5. The highest BCUT2D eigenvalue weighted by Crippen LogP contribution is 2.15. The van der Waals surface area contributed by atoms with Crippen LogP contribution in [0.2, 0.25) is 0 Å². The van der Waals surface area contributed by atoms with Crippen LogP contribution in [-0.4, -0.2) is 195 Å². The third kappa shape index (κ3) is 38.7. The van der Waals surface area contributed by atoms with Gasteiger partial charge in [-0.15, -0.1) is 13.2 Å². The molecule has 0 bridgehead atoms. The van der Waals surface area contributed by atoms with Gasteiger partial charge in [0.15, 0.2) is 0 Å². The zero-order valence-corrected chi connectivity index (χ0v) is 41.4. The molecule has 0 rings (SSSR count). The van der Waals surface area contributed by atoms with E-state index < -0.39 is 5.97 Å². The Hall–Kier alpha value is -4.26. The van der Waals surface area contributed by atoms with Crippen LogP contribution < -0.4 is 0 Å². The highest BCUT2D eigenvalue weighted by molar-refractivity contribution is 5.81. The van der Waals surface area contributed by atoms with Gasteiger partial charge in [0.05, 0.1) is 45.7 Å². The fraction of sp³-hybridized carbons (Fsp3) is 0.654. The third-order valence-corrected chi connectivity index (χ3v) is 11.0. The summed E-state index contributed by atoms with van der Waals surface area (Å²) in [6, 6.07) is 0.